The van der Waals surface area contributed by atoms with Crippen LogP contribution < -0.4 is 0 Å². The van der Waals surface area contributed by atoms with Crippen molar-refractivity contribution in [2.45, 2.75) is 27.2 Å². The number of ether oxygens (including phenoxy) is 1. The van der Waals surface area contributed by atoms with E-state index in [9.17, 15) is 9.59 Å². The summed E-state index contributed by atoms with van der Waals surface area (Å²) >= 11 is 0. The van der Waals surface area contributed by atoms with Gasteiger partial charge in [-0.1, -0.05) is 31.2 Å². The molecular weight excluding hydrogens is 338 g/mol. The molecule has 0 bridgehead atoms. The maximum Gasteiger partial charge on any atom is 0.338 e. The average molecular weight is 361 g/mol. The molecule has 0 saturated heterocycles. The predicted octanol–water partition coefficient (Wildman–Crippen LogP) is 4.70. The molecule has 1 heterocycles. The smallest absolute Gasteiger partial charge is 0.338 e. The maximum atomic E-state index is 12.2. The lowest BCUT2D eigenvalue weighted by Gasteiger charge is -2.10. The molecule has 0 aliphatic carbocycles. The SMILES string of the molecule is CCc1ccc(C(=O)COC(=O)c2ccc(-n3c(C)ccc3C)cc2)cc1. The summed E-state index contributed by atoms with van der Waals surface area (Å²) in [5.74, 6) is -0.706. The van der Waals surface area contributed by atoms with Gasteiger partial charge in [0.25, 0.3) is 0 Å². The van der Waals surface area contributed by atoms with Crippen LogP contribution in [0.4, 0.5) is 0 Å². The maximum absolute atomic E-state index is 12.2. The Morgan fingerprint density at radius 1 is 0.815 bits per heavy atom. The number of benzene rings is 2. The van der Waals surface area contributed by atoms with Gasteiger partial charge in [0, 0.05) is 22.6 Å². The van der Waals surface area contributed by atoms with E-state index < -0.39 is 5.97 Å². The highest BCUT2D eigenvalue weighted by molar-refractivity contribution is 5.99. The summed E-state index contributed by atoms with van der Waals surface area (Å²) in [5.41, 5.74) is 5.38. The van der Waals surface area contributed by atoms with Crippen LogP contribution >= 0.6 is 0 Å². The third-order valence-electron chi connectivity index (χ3n) is 4.65. The summed E-state index contributed by atoms with van der Waals surface area (Å²) in [7, 11) is 0. The van der Waals surface area contributed by atoms with E-state index in [1.54, 1.807) is 24.3 Å². The molecule has 0 saturated carbocycles. The minimum absolute atomic E-state index is 0.207. The number of nitrogens with zero attached hydrogens (tertiary/aromatic N) is 1. The topological polar surface area (TPSA) is 48.3 Å². The first-order valence-electron chi connectivity index (χ1n) is 9.04. The Bertz CT molecular complexity index is 931. The highest BCUT2D eigenvalue weighted by Crippen LogP contribution is 2.17. The zero-order valence-electron chi connectivity index (χ0n) is 15.9. The van der Waals surface area contributed by atoms with Gasteiger partial charge in [-0.15, -0.1) is 0 Å². The number of carbonyl (C=O) groups is 2. The van der Waals surface area contributed by atoms with Gasteiger partial charge in [0.15, 0.2) is 12.4 Å². The fourth-order valence-corrected chi connectivity index (χ4v) is 3.05. The van der Waals surface area contributed by atoms with Gasteiger partial charge in [-0.3, -0.25) is 4.79 Å². The summed E-state index contributed by atoms with van der Waals surface area (Å²) in [6, 6.07) is 18.7. The molecule has 0 fully saturated rings. The Morgan fingerprint density at radius 3 is 1.93 bits per heavy atom. The van der Waals surface area contributed by atoms with E-state index in [1.807, 2.05) is 38.1 Å². The lowest BCUT2D eigenvalue weighted by atomic mass is 10.1. The number of Topliss-reactive ketones (excluding diaryl/α,β-unsaturated/α-hetero) is 1. The summed E-state index contributed by atoms with van der Waals surface area (Å²) in [6.45, 7) is 5.87. The lowest BCUT2D eigenvalue weighted by molar-refractivity contribution is 0.0475. The van der Waals surface area contributed by atoms with Crippen molar-refractivity contribution in [1.82, 2.24) is 4.57 Å². The number of aromatic nitrogens is 1. The van der Waals surface area contributed by atoms with E-state index in [-0.39, 0.29) is 12.4 Å². The molecule has 0 amide bonds. The normalized spacial score (nSPS) is 10.6. The molecule has 0 radical (unpaired) electrons. The summed E-state index contributed by atoms with van der Waals surface area (Å²) in [5, 5.41) is 0. The standard InChI is InChI=1S/C23H23NO3/c1-4-18-7-9-19(10-8-18)22(25)15-27-23(26)20-11-13-21(14-12-20)24-16(2)5-6-17(24)3/h5-14H,4,15H2,1-3H3. The van der Waals surface area contributed by atoms with Crippen molar-refractivity contribution in [2.75, 3.05) is 6.61 Å². The van der Waals surface area contributed by atoms with Gasteiger partial charge >= 0.3 is 5.97 Å². The van der Waals surface area contributed by atoms with Crippen LogP contribution in [0.5, 0.6) is 0 Å². The van der Waals surface area contributed by atoms with Crippen LogP contribution in [-0.2, 0) is 11.2 Å². The number of aryl methyl sites for hydroxylation is 3. The van der Waals surface area contributed by atoms with E-state index in [4.69, 9.17) is 4.74 Å². The largest absolute Gasteiger partial charge is 0.454 e. The van der Waals surface area contributed by atoms with Crippen molar-refractivity contribution in [3.05, 3.63) is 88.7 Å². The van der Waals surface area contributed by atoms with Gasteiger partial charge in [0.2, 0.25) is 0 Å². The van der Waals surface area contributed by atoms with Crippen molar-refractivity contribution in [3.8, 4) is 5.69 Å². The van der Waals surface area contributed by atoms with E-state index in [1.165, 1.54) is 0 Å². The van der Waals surface area contributed by atoms with Gasteiger partial charge < -0.3 is 9.30 Å². The molecule has 2 aromatic carbocycles. The Kier molecular flexibility index (Phi) is 5.55. The molecule has 0 unspecified atom stereocenters. The Hall–Kier alpha value is -3.14. The molecule has 0 aliphatic rings. The third-order valence-corrected chi connectivity index (χ3v) is 4.65. The van der Waals surface area contributed by atoms with Crippen LogP contribution in [0, 0.1) is 13.8 Å². The summed E-state index contributed by atoms with van der Waals surface area (Å²) in [4.78, 5) is 24.4. The quantitative estimate of drug-likeness (QED) is 0.472. The molecule has 3 aromatic rings. The Labute approximate surface area is 159 Å². The molecule has 1 aromatic heterocycles. The van der Waals surface area contributed by atoms with Crippen LogP contribution in [0.2, 0.25) is 0 Å². The fraction of sp³-hybridized carbons (Fsp3) is 0.217. The second kappa shape index (κ2) is 8.04. The lowest BCUT2D eigenvalue weighted by Crippen LogP contribution is -2.14. The first-order chi connectivity index (χ1) is 13.0. The van der Waals surface area contributed by atoms with Crippen molar-refractivity contribution >= 4 is 11.8 Å². The molecule has 0 atom stereocenters. The molecule has 138 valence electrons. The highest BCUT2D eigenvalue weighted by Gasteiger charge is 2.12. The minimum atomic E-state index is -0.499. The summed E-state index contributed by atoms with van der Waals surface area (Å²) in [6.07, 6.45) is 0.918. The van der Waals surface area contributed by atoms with Crippen LogP contribution in [0.25, 0.3) is 5.69 Å². The molecule has 0 aliphatic heterocycles. The highest BCUT2D eigenvalue weighted by atomic mass is 16.5. The number of hydrogen-bond acceptors (Lipinski definition) is 3. The van der Waals surface area contributed by atoms with E-state index >= 15 is 0 Å². The third kappa shape index (κ3) is 4.17. The van der Waals surface area contributed by atoms with Crippen molar-refractivity contribution < 1.29 is 14.3 Å². The molecule has 0 N–H and O–H groups in total. The van der Waals surface area contributed by atoms with Gasteiger partial charge in [0.1, 0.15) is 0 Å². The van der Waals surface area contributed by atoms with E-state index in [0.717, 1.165) is 29.1 Å². The fourth-order valence-electron chi connectivity index (χ4n) is 3.05. The van der Waals surface area contributed by atoms with E-state index in [2.05, 4.69) is 23.6 Å². The zero-order chi connectivity index (χ0) is 19.4. The Balaban J connectivity index is 1.63. The second-order valence-electron chi connectivity index (χ2n) is 6.55. The molecule has 0 spiro atoms. The predicted molar refractivity (Wildman–Crippen MR) is 106 cm³/mol. The second-order valence-corrected chi connectivity index (χ2v) is 6.55. The number of rotatable bonds is 6. The summed E-state index contributed by atoms with van der Waals surface area (Å²) < 4.78 is 7.29. The van der Waals surface area contributed by atoms with Crippen LogP contribution in [0.15, 0.2) is 60.7 Å². The number of carbonyl (C=O) groups excluding carboxylic acids is 2. The van der Waals surface area contributed by atoms with Crippen molar-refractivity contribution in [3.63, 3.8) is 0 Å². The average Bonchev–Trinajstić information content (AvgIpc) is 3.04. The van der Waals surface area contributed by atoms with Gasteiger partial charge in [-0.05, 0) is 62.2 Å². The molecule has 4 nitrogen and oxygen atoms in total. The van der Waals surface area contributed by atoms with E-state index in [0.29, 0.717) is 11.1 Å². The van der Waals surface area contributed by atoms with Crippen LogP contribution in [0.1, 0.15) is 44.6 Å². The molecule has 4 heteroatoms. The first kappa shape index (κ1) is 18.6. The van der Waals surface area contributed by atoms with Crippen molar-refractivity contribution in [1.29, 1.82) is 0 Å². The first-order valence-corrected chi connectivity index (χ1v) is 9.04. The number of hydrogen-bond donors (Lipinski definition) is 0. The monoisotopic (exact) mass is 361 g/mol. The number of ketones is 1. The number of esters is 1. The van der Waals surface area contributed by atoms with Crippen LogP contribution in [-0.4, -0.2) is 22.9 Å². The molecular formula is C23H23NO3. The van der Waals surface area contributed by atoms with Gasteiger partial charge in [-0.25, -0.2) is 4.79 Å². The minimum Gasteiger partial charge on any atom is -0.454 e. The zero-order valence-corrected chi connectivity index (χ0v) is 15.9. The van der Waals surface area contributed by atoms with Crippen LogP contribution in [0.3, 0.4) is 0 Å². The molecule has 3 rings (SSSR count). The van der Waals surface area contributed by atoms with Gasteiger partial charge in [-0.2, -0.15) is 0 Å². The van der Waals surface area contributed by atoms with Gasteiger partial charge in [0.05, 0.1) is 5.56 Å². The molecule has 27 heavy (non-hydrogen) atoms. The van der Waals surface area contributed by atoms with Crippen molar-refractivity contribution in [2.24, 2.45) is 0 Å². The Morgan fingerprint density at radius 2 is 1.37 bits per heavy atom.